The van der Waals surface area contributed by atoms with Gasteiger partial charge in [-0.05, 0) is 71.6 Å². The third-order valence-corrected chi connectivity index (χ3v) is 8.36. The van der Waals surface area contributed by atoms with E-state index in [9.17, 15) is 30.6 Å². The number of allylic oxidation sites excluding steroid dienone is 12. The van der Waals surface area contributed by atoms with Crippen molar-refractivity contribution >= 4 is 0 Å². The Hall–Kier alpha value is -2.30. The first-order valence-electron chi connectivity index (χ1n) is 23.2. The van der Waals surface area contributed by atoms with E-state index in [1.807, 2.05) is 13.8 Å². The Bertz CT molecular complexity index is 1040. The van der Waals surface area contributed by atoms with Crippen LogP contribution in [0.2, 0.25) is 0 Å². The van der Waals surface area contributed by atoms with Gasteiger partial charge < -0.3 is 59.8 Å². The maximum absolute atomic E-state index is 9.55. The number of rotatable bonds is 23. The molecule has 2 heterocycles. The average molecular weight is 887 g/mol. The van der Waals surface area contributed by atoms with E-state index in [4.69, 9.17) is 29.2 Å². The van der Waals surface area contributed by atoms with E-state index in [-0.39, 0.29) is 13.2 Å². The molecule has 12 nitrogen and oxygen atoms in total. The van der Waals surface area contributed by atoms with Crippen LogP contribution in [0, 0.1) is 0 Å². The van der Waals surface area contributed by atoms with Gasteiger partial charge >= 0.3 is 0 Å². The molecule has 8 N–H and O–H groups in total. The molecule has 0 bridgehead atoms. The molecule has 2 fully saturated rings. The minimum atomic E-state index is -1.27. The molecule has 12 heteroatoms. The molecule has 0 spiro atoms. The standard InChI is InChI=1S/C12H22.2C10H18O6.C9H16.C6H12.C3H8/c1-3-5-7-9-11-12-10-8-6-4-2;2*1-2-3-4-15-10-8(14)7(13)9(16-10)6(12)5-11;1-3-5-7-9-8-6-4-2;1-3-5-6-4-2;1-3-2/h5,7,11-12H,3-4,6,8-10H2,1-2H3;2*2-3,6-14H,4-5H2,1H3;5-8H,3-4,9H2,1-2H3;5-6H,3-4H2,1-2H3;3H2,1-2H3/b7-5-,12-11-;2*3-2+;7-5-,8-6-;6-5-;. The van der Waals surface area contributed by atoms with E-state index in [0.29, 0.717) is 0 Å². The van der Waals surface area contributed by atoms with Crippen molar-refractivity contribution in [2.45, 2.75) is 208 Å². The summed E-state index contributed by atoms with van der Waals surface area (Å²) in [6.45, 7) is 20.3. The van der Waals surface area contributed by atoms with Crippen molar-refractivity contribution in [3.8, 4) is 0 Å². The van der Waals surface area contributed by atoms with Crippen LogP contribution in [0.25, 0.3) is 0 Å². The largest absolute Gasteiger partial charge is 0.394 e. The van der Waals surface area contributed by atoms with Crippen LogP contribution < -0.4 is 0 Å². The second kappa shape index (κ2) is 51.3. The third kappa shape index (κ3) is 38.2. The molecular weight excluding hydrogens is 793 g/mol. The van der Waals surface area contributed by atoms with Gasteiger partial charge in [0.2, 0.25) is 0 Å². The molecule has 2 aliphatic heterocycles. The Balaban J connectivity index is -0.000000345. The first-order chi connectivity index (χ1) is 29.9. The van der Waals surface area contributed by atoms with Gasteiger partial charge in [-0.25, -0.2) is 0 Å². The molecule has 0 amide bonds. The van der Waals surface area contributed by atoms with Crippen LogP contribution in [0.5, 0.6) is 0 Å². The van der Waals surface area contributed by atoms with Gasteiger partial charge in [-0.15, -0.1) is 0 Å². The van der Waals surface area contributed by atoms with Crippen molar-refractivity contribution in [3.05, 3.63) is 85.1 Å². The van der Waals surface area contributed by atoms with Gasteiger partial charge in [0.25, 0.3) is 0 Å². The van der Waals surface area contributed by atoms with E-state index < -0.39 is 74.6 Å². The zero-order valence-electron chi connectivity index (χ0n) is 40.4. The number of aliphatic hydroxyl groups is 8. The molecule has 0 aliphatic carbocycles. The number of hydrogen-bond donors (Lipinski definition) is 8. The summed E-state index contributed by atoms with van der Waals surface area (Å²) in [5.74, 6) is 0. The quantitative estimate of drug-likeness (QED) is 0.0361. The van der Waals surface area contributed by atoms with Crippen molar-refractivity contribution in [1.82, 2.24) is 0 Å². The lowest BCUT2D eigenvalue weighted by Gasteiger charge is -2.18. The maximum Gasteiger partial charge on any atom is 0.187 e. The fourth-order valence-corrected chi connectivity index (χ4v) is 4.96. The van der Waals surface area contributed by atoms with Gasteiger partial charge in [0.1, 0.15) is 48.8 Å². The van der Waals surface area contributed by atoms with Crippen LogP contribution in [-0.2, 0) is 18.9 Å². The topological polar surface area (TPSA) is 199 Å². The first-order valence-corrected chi connectivity index (χ1v) is 23.2. The van der Waals surface area contributed by atoms with Crippen molar-refractivity contribution in [3.63, 3.8) is 0 Å². The molecule has 0 aromatic heterocycles. The van der Waals surface area contributed by atoms with E-state index >= 15 is 0 Å². The third-order valence-electron chi connectivity index (χ3n) is 8.36. The molecule has 0 radical (unpaired) electrons. The normalized spacial score (nSPS) is 24.4. The first kappa shape index (κ1) is 66.3. The molecule has 0 aromatic carbocycles. The molecule has 0 saturated carbocycles. The summed E-state index contributed by atoms with van der Waals surface area (Å²) in [4.78, 5) is 0. The Labute approximate surface area is 378 Å². The van der Waals surface area contributed by atoms with E-state index in [1.165, 1.54) is 44.9 Å². The van der Waals surface area contributed by atoms with Crippen LogP contribution in [0.3, 0.4) is 0 Å². The van der Waals surface area contributed by atoms with Crippen LogP contribution in [0.15, 0.2) is 85.1 Å². The molecular formula is C50H94O12. The van der Waals surface area contributed by atoms with Crippen molar-refractivity contribution < 1.29 is 59.8 Å². The highest BCUT2D eigenvalue weighted by Gasteiger charge is 2.47. The zero-order chi connectivity index (χ0) is 47.8. The molecule has 366 valence electrons. The molecule has 0 aromatic rings. The van der Waals surface area contributed by atoms with Crippen molar-refractivity contribution in [2.24, 2.45) is 0 Å². The minimum absolute atomic E-state index is 0.243. The summed E-state index contributed by atoms with van der Waals surface area (Å²) < 4.78 is 20.5. The lowest BCUT2D eigenvalue weighted by Crippen LogP contribution is -2.40. The number of unbranched alkanes of at least 4 members (excludes halogenated alkanes) is 3. The fourth-order valence-electron chi connectivity index (χ4n) is 4.96. The number of ether oxygens (including phenoxy) is 4. The van der Waals surface area contributed by atoms with Crippen molar-refractivity contribution in [1.29, 1.82) is 0 Å². The Morgan fingerprint density at radius 3 is 1.08 bits per heavy atom. The number of aliphatic hydroxyl groups excluding tert-OH is 8. The molecule has 10 unspecified atom stereocenters. The van der Waals surface area contributed by atoms with Crippen LogP contribution in [0.4, 0.5) is 0 Å². The second-order valence-electron chi connectivity index (χ2n) is 14.3. The van der Waals surface area contributed by atoms with Gasteiger partial charge in [0, 0.05) is 0 Å². The molecule has 10 atom stereocenters. The summed E-state index contributed by atoms with van der Waals surface area (Å²) in [5, 5.41) is 74.3. The smallest absolute Gasteiger partial charge is 0.187 e. The lowest BCUT2D eigenvalue weighted by atomic mass is 10.1. The molecule has 62 heavy (non-hydrogen) atoms. The summed E-state index contributed by atoms with van der Waals surface area (Å²) in [6.07, 6.45) is 32.2. The Kier molecular flexibility index (Phi) is 54.9. The molecule has 2 aliphatic rings. The summed E-state index contributed by atoms with van der Waals surface area (Å²) >= 11 is 0. The van der Waals surface area contributed by atoms with Gasteiger partial charge in [0.15, 0.2) is 12.6 Å². The predicted octanol–water partition coefficient (Wildman–Crippen LogP) is 8.33. The van der Waals surface area contributed by atoms with Gasteiger partial charge in [-0.3, -0.25) is 0 Å². The zero-order valence-corrected chi connectivity index (χ0v) is 40.4. The Morgan fingerprint density at radius 2 is 0.790 bits per heavy atom. The highest BCUT2D eigenvalue weighted by atomic mass is 16.7. The van der Waals surface area contributed by atoms with E-state index in [0.717, 1.165) is 32.1 Å². The van der Waals surface area contributed by atoms with E-state index in [1.54, 1.807) is 24.3 Å². The summed E-state index contributed by atoms with van der Waals surface area (Å²) in [6, 6.07) is 0. The van der Waals surface area contributed by atoms with Crippen molar-refractivity contribution in [2.75, 3.05) is 26.4 Å². The minimum Gasteiger partial charge on any atom is -0.394 e. The SMILES string of the molecule is C/C=C/COC1OC(C(O)CO)C(O)C1O.C/C=C/COC1OC(C(O)CO)C(O)C1O.CC/C=C\C/C=C\CC.CC/C=C\C/C=C\CCCCC.CC/C=C\CC.CCC. The maximum atomic E-state index is 9.55. The van der Waals surface area contributed by atoms with Crippen LogP contribution >= 0.6 is 0 Å². The molecule has 2 rings (SSSR count). The summed E-state index contributed by atoms with van der Waals surface area (Å²) in [5.41, 5.74) is 0. The Morgan fingerprint density at radius 1 is 0.468 bits per heavy atom. The van der Waals surface area contributed by atoms with Crippen LogP contribution in [0.1, 0.15) is 146 Å². The highest BCUT2D eigenvalue weighted by molar-refractivity contribution is 4.94. The van der Waals surface area contributed by atoms with E-state index in [2.05, 4.69) is 116 Å². The fraction of sp³-hybridized carbons (Fsp3) is 0.720. The lowest BCUT2D eigenvalue weighted by molar-refractivity contribution is -0.175. The monoisotopic (exact) mass is 887 g/mol. The van der Waals surface area contributed by atoms with Gasteiger partial charge in [-0.2, -0.15) is 0 Å². The second-order valence-corrected chi connectivity index (χ2v) is 14.3. The summed E-state index contributed by atoms with van der Waals surface area (Å²) in [7, 11) is 0. The number of hydrogen-bond acceptors (Lipinski definition) is 12. The highest BCUT2D eigenvalue weighted by Crippen LogP contribution is 2.25. The molecule has 2 saturated heterocycles. The average Bonchev–Trinajstić information content (AvgIpc) is 3.73. The predicted molar refractivity (Wildman–Crippen MR) is 256 cm³/mol. The van der Waals surface area contributed by atoms with Gasteiger partial charge in [-0.1, -0.05) is 160 Å². The van der Waals surface area contributed by atoms with Crippen LogP contribution in [-0.4, -0.2) is 129 Å². The van der Waals surface area contributed by atoms with Gasteiger partial charge in [0.05, 0.1) is 26.4 Å².